The van der Waals surface area contributed by atoms with Crippen molar-refractivity contribution >= 4 is 43.4 Å². The summed E-state index contributed by atoms with van der Waals surface area (Å²) < 4.78 is 0.913. The van der Waals surface area contributed by atoms with E-state index < -0.39 is 0 Å². The Bertz CT molecular complexity index is 1090. The van der Waals surface area contributed by atoms with Crippen molar-refractivity contribution in [3.63, 3.8) is 0 Å². The van der Waals surface area contributed by atoms with Gasteiger partial charge in [-0.25, -0.2) is 9.97 Å². The fraction of sp³-hybridized carbons (Fsp3) is 0.118. The molecule has 0 radical (unpaired) electrons. The van der Waals surface area contributed by atoms with Gasteiger partial charge in [-0.05, 0) is 31.2 Å². The molecule has 0 saturated heterocycles. The zero-order valence-electron chi connectivity index (χ0n) is 12.8. The molecule has 0 aliphatic carbocycles. The van der Waals surface area contributed by atoms with Gasteiger partial charge in [-0.3, -0.25) is 4.79 Å². The highest BCUT2D eigenvalue weighted by Gasteiger charge is 2.14. The van der Waals surface area contributed by atoms with Gasteiger partial charge < -0.3 is 15.3 Å². The van der Waals surface area contributed by atoms with Gasteiger partial charge in [0.1, 0.15) is 11.6 Å². The zero-order chi connectivity index (χ0) is 16.7. The van der Waals surface area contributed by atoms with Gasteiger partial charge in [0.05, 0.1) is 16.9 Å². The van der Waals surface area contributed by atoms with E-state index in [0.717, 1.165) is 26.9 Å². The lowest BCUT2D eigenvalue weighted by molar-refractivity contribution is 0.806. The molecule has 0 spiro atoms. The molecule has 0 aliphatic rings. The molecule has 4 rings (SSSR count). The molecule has 3 heterocycles. The minimum absolute atomic E-state index is 0.0428. The standard InChI is InChI=1S/C17H14BrN5O/c1-9(15-19-6-7-20-15)22-16-11-3-2-10(18)8-12(11)14-13(23-16)4-5-21-17(14)24/h2-9H,1H3,(H,19,20)(H,21,24)(H,22,23). The number of halogens is 1. The van der Waals surface area contributed by atoms with Gasteiger partial charge in [-0.2, -0.15) is 0 Å². The molecule has 0 saturated carbocycles. The molecule has 0 aliphatic heterocycles. The van der Waals surface area contributed by atoms with Crippen molar-refractivity contribution in [1.82, 2.24) is 19.9 Å². The number of rotatable bonds is 3. The molecule has 0 fully saturated rings. The Labute approximate surface area is 145 Å². The number of aromatic amines is 2. The van der Waals surface area contributed by atoms with Gasteiger partial charge in [0.2, 0.25) is 0 Å². The van der Waals surface area contributed by atoms with Crippen LogP contribution in [0, 0.1) is 0 Å². The summed E-state index contributed by atoms with van der Waals surface area (Å²) in [6.45, 7) is 2.01. The van der Waals surface area contributed by atoms with E-state index in [1.165, 1.54) is 0 Å². The van der Waals surface area contributed by atoms with Crippen molar-refractivity contribution < 1.29 is 0 Å². The molecule has 0 bridgehead atoms. The van der Waals surface area contributed by atoms with E-state index in [9.17, 15) is 4.79 Å². The fourth-order valence-electron chi connectivity index (χ4n) is 2.83. The minimum atomic E-state index is -0.145. The van der Waals surface area contributed by atoms with Crippen LogP contribution < -0.4 is 10.9 Å². The number of aromatic nitrogens is 4. The van der Waals surface area contributed by atoms with Crippen LogP contribution in [-0.4, -0.2) is 19.9 Å². The number of hydrogen-bond donors (Lipinski definition) is 3. The monoisotopic (exact) mass is 383 g/mol. The fourth-order valence-corrected chi connectivity index (χ4v) is 3.19. The quantitative estimate of drug-likeness (QED) is 0.470. The maximum atomic E-state index is 12.3. The van der Waals surface area contributed by atoms with E-state index >= 15 is 0 Å². The number of nitrogens with one attached hydrogen (secondary N) is 3. The molecule has 120 valence electrons. The summed E-state index contributed by atoms with van der Waals surface area (Å²) in [4.78, 5) is 27.0. The first-order valence-corrected chi connectivity index (χ1v) is 8.29. The predicted molar refractivity (Wildman–Crippen MR) is 98.2 cm³/mol. The lowest BCUT2D eigenvalue weighted by atomic mass is 10.1. The number of anilines is 1. The number of pyridine rings is 2. The van der Waals surface area contributed by atoms with Crippen molar-refractivity contribution in [3.8, 4) is 0 Å². The molecule has 1 unspecified atom stereocenters. The number of fused-ring (bicyclic) bond motifs is 3. The molecular weight excluding hydrogens is 370 g/mol. The lowest BCUT2D eigenvalue weighted by Crippen LogP contribution is -2.12. The summed E-state index contributed by atoms with van der Waals surface area (Å²) in [6, 6.07) is 7.60. The van der Waals surface area contributed by atoms with E-state index in [1.807, 2.05) is 25.1 Å². The Morgan fingerprint density at radius 1 is 1.17 bits per heavy atom. The number of hydrogen-bond acceptors (Lipinski definition) is 4. The first-order chi connectivity index (χ1) is 11.6. The highest BCUT2D eigenvalue weighted by Crippen LogP contribution is 2.31. The maximum Gasteiger partial charge on any atom is 0.258 e. The Morgan fingerprint density at radius 3 is 2.83 bits per heavy atom. The second-order valence-corrected chi connectivity index (χ2v) is 6.47. The highest BCUT2D eigenvalue weighted by atomic mass is 79.9. The molecule has 4 aromatic rings. The van der Waals surface area contributed by atoms with Crippen molar-refractivity contribution in [1.29, 1.82) is 0 Å². The molecule has 3 aromatic heterocycles. The van der Waals surface area contributed by atoms with Crippen molar-refractivity contribution in [2.24, 2.45) is 0 Å². The second-order valence-electron chi connectivity index (χ2n) is 5.56. The van der Waals surface area contributed by atoms with Gasteiger partial charge in [-0.15, -0.1) is 0 Å². The molecular formula is C17H14BrN5O. The third-order valence-electron chi connectivity index (χ3n) is 3.96. The summed E-state index contributed by atoms with van der Waals surface area (Å²) in [5, 5.41) is 5.72. The van der Waals surface area contributed by atoms with Gasteiger partial charge in [0.15, 0.2) is 0 Å². The predicted octanol–water partition coefficient (Wildman–Crippen LogP) is 3.74. The van der Waals surface area contributed by atoms with E-state index in [0.29, 0.717) is 10.9 Å². The van der Waals surface area contributed by atoms with Gasteiger partial charge in [0.25, 0.3) is 5.56 Å². The SMILES string of the molecule is CC(Nc1nc2cc[nH]c(=O)c2c2cc(Br)ccc12)c1ncc[nH]1. The van der Waals surface area contributed by atoms with Crippen LogP contribution in [-0.2, 0) is 0 Å². The smallest absolute Gasteiger partial charge is 0.258 e. The Kier molecular flexibility index (Phi) is 3.57. The molecule has 24 heavy (non-hydrogen) atoms. The maximum absolute atomic E-state index is 12.3. The lowest BCUT2D eigenvalue weighted by Gasteiger charge is -2.15. The number of nitrogens with zero attached hydrogens (tertiary/aromatic N) is 2. The van der Waals surface area contributed by atoms with Crippen LogP contribution in [0.1, 0.15) is 18.8 Å². The summed E-state index contributed by atoms with van der Waals surface area (Å²) in [6.07, 6.45) is 5.12. The molecule has 6 nitrogen and oxygen atoms in total. The van der Waals surface area contributed by atoms with E-state index in [4.69, 9.17) is 0 Å². The molecule has 3 N–H and O–H groups in total. The number of H-pyrrole nitrogens is 2. The first kappa shape index (κ1) is 14.9. The Balaban J connectivity index is 1.96. The third kappa shape index (κ3) is 2.46. The van der Waals surface area contributed by atoms with Crippen LogP contribution in [0.15, 0.2) is 52.1 Å². The molecule has 7 heteroatoms. The van der Waals surface area contributed by atoms with E-state index in [1.54, 1.807) is 24.7 Å². The van der Waals surface area contributed by atoms with Gasteiger partial charge >= 0.3 is 0 Å². The average Bonchev–Trinajstić information content (AvgIpc) is 3.09. The molecule has 0 amide bonds. The number of imidazole rings is 1. The molecule has 1 aromatic carbocycles. The van der Waals surface area contributed by atoms with Gasteiger partial charge in [-0.1, -0.05) is 15.9 Å². The summed E-state index contributed by atoms with van der Waals surface area (Å²) in [5.41, 5.74) is 0.507. The van der Waals surface area contributed by atoms with E-state index in [2.05, 4.69) is 41.2 Å². The van der Waals surface area contributed by atoms with Crippen molar-refractivity contribution in [2.45, 2.75) is 13.0 Å². The minimum Gasteiger partial charge on any atom is -0.360 e. The van der Waals surface area contributed by atoms with Crippen molar-refractivity contribution in [2.75, 3.05) is 5.32 Å². The summed E-state index contributed by atoms with van der Waals surface area (Å²) in [5.74, 6) is 1.55. The highest BCUT2D eigenvalue weighted by molar-refractivity contribution is 9.10. The number of benzene rings is 1. The van der Waals surface area contributed by atoms with Gasteiger partial charge in [0, 0.05) is 33.8 Å². The average molecular weight is 384 g/mol. The largest absolute Gasteiger partial charge is 0.360 e. The van der Waals surface area contributed by atoms with Crippen LogP contribution in [0.3, 0.4) is 0 Å². The Morgan fingerprint density at radius 2 is 2.04 bits per heavy atom. The summed E-state index contributed by atoms with van der Waals surface area (Å²) in [7, 11) is 0. The third-order valence-corrected chi connectivity index (χ3v) is 4.45. The zero-order valence-corrected chi connectivity index (χ0v) is 14.4. The summed E-state index contributed by atoms with van der Waals surface area (Å²) >= 11 is 3.48. The van der Waals surface area contributed by atoms with Crippen LogP contribution in [0.25, 0.3) is 21.7 Å². The van der Waals surface area contributed by atoms with Crippen LogP contribution in [0.5, 0.6) is 0 Å². The molecule has 1 atom stereocenters. The van der Waals surface area contributed by atoms with E-state index in [-0.39, 0.29) is 11.6 Å². The second kappa shape index (κ2) is 5.76. The van der Waals surface area contributed by atoms with Crippen LogP contribution in [0.4, 0.5) is 5.82 Å². The Hall–Kier alpha value is -2.67. The van der Waals surface area contributed by atoms with Crippen LogP contribution in [0.2, 0.25) is 0 Å². The first-order valence-electron chi connectivity index (χ1n) is 7.50. The topological polar surface area (TPSA) is 86.5 Å². The van der Waals surface area contributed by atoms with Crippen LogP contribution >= 0.6 is 15.9 Å². The van der Waals surface area contributed by atoms with Crippen molar-refractivity contribution in [3.05, 3.63) is 63.5 Å². The normalized spacial score (nSPS) is 12.6.